The summed E-state index contributed by atoms with van der Waals surface area (Å²) in [6.45, 7) is 7.04. The second-order valence-corrected chi connectivity index (χ2v) is 7.84. The van der Waals surface area contributed by atoms with Crippen LogP contribution in [0.4, 0.5) is 5.69 Å². The van der Waals surface area contributed by atoms with Crippen LogP contribution in [0.15, 0.2) is 48.5 Å². The third kappa shape index (κ3) is 4.93. The first-order chi connectivity index (χ1) is 14.4. The van der Waals surface area contributed by atoms with Gasteiger partial charge in [-0.2, -0.15) is 0 Å². The van der Waals surface area contributed by atoms with Gasteiger partial charge in [0.15, 0.2) is 0 Å². The van der Waals surface area contributed by atoms with Crippen molar-refractivity contribution in [1.29, 1.82) is 0 Å². The molecule has 2 unspecified atom stereocenters. The maximum Gasteiger partial charge on any atom is 0.227 e. The number of methoxy groups -OCH3 is 1. The molecule has 3 rings (SSSR count). The van der Waals surface area contributed by atoms with E-state index in [1.54, 1.807) is 12.0 Å². The number of carbonyl (C=O) groups is 2. The summed E-state index contributed by atoms with van der Waals surface area (Å²) < 4.78 is 10.7. The van der Waals surface area contributed by atoms with E-state index in [4.69, 9.17) is 9.47 Å². The van der Waals surface area contributed by atoms with E-state index in [2.05, 4.69) is 19.2 Å². The zero-order chi connectivity index (χ0) is 21.7. The fourth-order valence-electron chi connectivity index (χ4n) is 3.74. The van der Waals surface area contributed by atoms with Gasteiger partial charge in [-0.05, 0) is 54.8 Å². The van der Waals surface area contributed by atoms with Crippen molar-refractivity contribution in [3.05, 3.63) is 54.1 Å². The lowest BCUT2D eigenvalue weighted by atomic mass is 9.95. The summed E-state index contributed by atoms with van der Waals surface area (Å²) in [5.41, 5.74) is 1.81. The average Bonchev–Trinajstić information content (AvgIpc) is 3.14. The van der Waals surface area contributed by atoms with E-state index in [0.717, 1.165) is 22.7 Å². The normalized spacial score (nSPS) is 17.2. The molecule has 1 N–H and O–H groups in total. The number of benzene rings is 2. The summed E-state index contributed by atoms with van der Waals surface area (Å²) in [5.74, 6) is 1.25. The molecule has 1 aliphatic rings. The molecule has 0 aromatic heterocycles. The van der Waals surface area contributed by atoms with Gasteiger partial charge in [0.1, 0.15) is 11.5 Å². The molecule has 1 aliphatic heterocycles. The Kier molecular flexibility index (Phi) is 6.98. The zero-order valence-electron chi connectivity index (χ0n) is 18.1. The van der Waals surface area contributed by atoms with Crippen LogP contribution in [0.25, 0.3) is 0 Å². The molecule has 6 nitrogen and oxygen atoms in total. The Morgan fingerprint density at radius 2 is 1.73 bits per heavy atom. The van der Waals surface area contributed by atoms with E-state index in [-0.39, 0.29) is 36.1 Å². The van der Waals surface area contributed by atoms with E-state index in [1.165, 1.54) is 0 Å². The molecule has 30 heavy (non-hydrogen) atoms. The van der Waals surface area contributed by atoms with Gasteiger partial charge < -0.3 is 19.7 Å². The molecule has 0 bridgehead atoms. The largest absolute Gasteiger partial charge is 0.497 e. The van der Waals surface area contributed by atoms with Gasteiger partial charge in [-0.15, -0.1) is 0 Å². The molecule has 2 amide bonds. The van der Waals surface area contributed by atoms with Gasteiger partial charge in [-0.25, -0.2) is 0 Å². The van der Waals surface area contributed by atoms with Crippen molar-refractivity contribution in [2.24, 2.45) is 11.8 Å². The number of hydrogen-bond donors (Lipinski definition) is 1. The fraction of sp³-hybridized carbons (Fsp3) is 0.417. The van der Waals surface area contributed by atoms with E-state index in [9.17, 15) is 9.59 Å². The Labute approximate surface area is 178 Å². The highest BCUT2D eigenvalue weighted by Gasteiger charge is 2.36. The molecule has 160 valence electrons. The number of ether oxygens (including phenoxy) is 2. The Balaban J connectivity index is 1.67. The SMILES string of the molecule is CCOc1ccc(N2CC(C(=O)NC(c3ccc(OC)cc3)C(C)C)CC2=O)cc1. The van der Waals surface area contributed by atoms with Gasteiger partial charge in [-0.3, -0.25) is 9.59 Å². The minimum atomic E-state index is -0.372. The third-order valence-corrected chi connectivity index (χ3v) is 5.39. The lowest BCUT2D eigenvalue weighted by Gasteiger charge is -2.25. The number of anilines is 1. The van der Waals surface area contributed by atoms with Crippen LogP contribution in [0.2, 0.25) is 0 Å². The lowest BCUT2D eigenvalue weighted by Crippen LogP contribution is -2.37. The van der Waals surface area contributed by atoms with Gasteiger partial charge in [0.25, 0.3) is 0 Å². The maximum atomic E-state index is 13.0. The van der Waals surface area contributed by atoms with E-state index < -0.39 is 0 Å². The summed E-state index contributed by atoms with van der Waals surface area (Å²) in [4.78, 5) is 27.2. The highest BCUT2D eigenvalue weighted by Crippen LogP contribution is 2.29. The van der Waals surface area contributed by atoms with Crippen LogP contribution >= 0.6 is 0 Å². The second kappa shape index (κ2) is 9.65. The number of nitrogens with one attached hydrogen (secondary N) is 1. The molecular weight excluding hydrogens is 380 g/mol. The maximum absolute atomic E-state index is 13.0. The van der Waals surface area contributed by atoms with Gasteiger partial charge in [-0.1, -0.05) is 26.0 Å². The molecule has 1 heterocycles. The zero-order valence-corrected chi connectivity index (χ0v) is 18.1. The van der Waals surface area contributed by atoms with Crippen LogP contribution in [0, 0.1) is 11.8 Å². The number of nitrogens with zero attached hydrogens (tertiary/aromatic N) is 1. The third-order valence-electron chi connectivity index (χ3n) is 5.39. The van der Waals surface area contributed by atoms with Crippen LogP contribution in [0.3, 0.4) is 0 Å². The lowest BCUT2D eigenvalue weighted by molar-refractivity contribution is -0.127. The summed E-state index contributed by atoms with van der Waals surface area (Å²) in [6, 6.07) is 15.0. The summed E-state index contributed by atoms with van der Waals surface area (Å²) >= 11 is 0. The molecule has 1 fully saturated rings. The van der Waals surface area contributed by atoms with E-state index in [1.807, 2.05) is 55.5 Å². The molecule has 2 aromatic rings. The molecule has 2 aromatic carbocycles. The number of hydrogen-bond acceptors (Lipinski definition) is 4. The molecule has 0 radical (unpaired) electrons. The van der Waals surface area contributed by atoms with Crippen molar-refractivity contribution in [3.63, 3.8) is 0 Å². The van der Waals surface area contributed by atoms with Crippen molar-refractivity contribution in [2.75, 3.05) is 25.2 Å². The van der Waals surface area contributed by atoms with Crippen molar-refractivity contribution in [2.45, 2.75) is 33.2 Å². The van der Waals surface area contributed by atoms with Crippen LogP contribution < -0.4 is 19.7 Å². The smallest absolute Gasteiger partial charge is 0.227 e. The fourth-order valence-corrected chi connectivity index (χ4v) is 3.74. The van der Waals surface area contributed by atoms with Crippen LogP contribution in [0.1, 0.15) is 38.8 Å². The van der Waals surface area contributed by atoms with Gasteiger partial charge in [0, 0.05) is 18.7 Å². The second-order valence-electron chi connectivity index (χ2n) is 7.84. The molecule has 6 heteroatoms. The van der Waals surface area contributed by atoms with Crippen LogP contribution in [-0.2, 0) is 9.59 Å². The van der Waals surface area contributed by atoms with E-state index >= 15 is 0 Å². The number of amides is 2. The number of carbonyl (C=O) groups excluding carboxylic acids is 2. The van der Waals surface area contributed by atoms with Crippen molar-refractivity contribution in [1.82, 2.24) is 5.32 Å². The van der Waals surface area contributed by atoms with Crippen molar-refractivity contribution in [3.8, 4) is 11.5 Å². The average molecular weight is 411 g/mol. The molecule has 0 spiro atoms. The topological polar surface area (TPSA) is 67.9 Å². The monoisotopic (exact) mass is 410 g/mol. The summed E-state index contributed by atoms with van der Waals surface area (Å²) in [7, 11) is 1.63. The Morgan fingerprint density at radius 1 is 1.10 bits per heavy atom. The summed E-state index contributed by atoms with van der Waals surface area (Å²) in [5, 5.41) is 3.15. The Hall–Kier alpha value is -3.02. The van der Waals surface area contributed by atoms with Crippen molar-refractivity contribution >= 4 is 17.5 Å². The predicted molar refractivity (Wildman–Crippen MR) is 117 cm³/mol. The van der Waals surface area contributed by atoms with Crippen molar-refractivity contribution < 1.29 is 19.1 Å². The van der Waals surface area contributed by atoms with Gasteiger partial charge in [0.2, 0.25) is 11.8 Å². The van der Waals surface area contributed by atoms with Crippen LogP contribution in [-0.4, -0.2) is 32.1 Å². The number of rotatable bonds is 8. The van der Waals surface area contributed by atoms with Gasteiger partial charge >= 0.3 is 0 Å². The highest BCUT2D eigenvalue weighted by molar-refractivity contribution is 6.00. The van der Waals surface area contributed by atoms with Gasteiger partial charge in [0.05, 0.1) is 25.7 Å². The first-order valence-electron chi connectivity index (χ1n) is 10.4. The molecule has 2 atom stereocenters. The van der Waals surface area contributed by atoms with E-state index in [0.29, 0.717) is 13.2 Å². The molecule has 1 saturated heterocycles. The summed E-state index contributed by atoms with van der Waals surface area (Å²) in [6.07, 6.45) is 0.215. The molecule has 0 aliphatic carbocycles. The first kappa shape index (κ1) is 21.7. The first-order valence-corrected chi connectivity index (χ1v) is 10.4. The predicted octanol–water partition coefficient (Wildman–Crippen LogP) is 3.96. The quantitative estimate of drug-likeness (QED) is 0.715. The van der Waals surface area contributed by atoms with Crippen LogP contribution in [0.5, 0.6) is 11.5 Å². The minimum absolute atomic E-state index is 0.0372. The molecule has 0 saturated carbocycles. The Bertz CT molecular complexity index is 862. The minimum Gasteiger partial charge on any atom is -0.497 e. The highest BCUT2D eigenvalue weighted by atomic mass is 16.5. The molecular formula is C24H30N2O4. The Morgan fingerprint density at radius 3 is 2.30 bits per heavy atom. The standard InChI is InChI=1S/C24H30N2O4/c1-5-30-21-12-8-19(9-13-21)26-15-18(14-22(26)27)24(28)25-23(16(2)3)17-6-10-20(29-4)11-7-17/h6-13,16,18,23H,5,14-15H2,1-4H3,(H,25,28).